The number of aliphatic carboxylic acids is 1. The van der Waals surface area contributed by atoms with E-state index in [0.29, 0.717) is 18.2 Å². The Bertz CT molecular complexity index is 630. The largest absolute Gasteiger partial charge is 0.481 e. The third-order valence-corrected chi connectivity index (χ3v) is 4.03. The first-order valence-electron chi connectivity index (χ1n) is 5.95. The Kier molecular flexibility index (Phi) is 5.14. The predicted molar refractivity (Wildman–Crippen MR) is 85.3 cm³/mol. The van der Waals surface area contributed by atoms with Crippen LogP contribution in [0.15, 0.2) is 27.1 Å². The highest BCUT2D eigenvalue weighted by atomic mass is 127. The van der Waals surface area contributed by atoms with E-state index in [9.17, 15) is 4.79 Å². The van der Waals surface area contributed by atoms with Crippen molar-refractivity contribution >= 4 is 44.5 Å². The Hall–Kier alpha value is -0.960. The van der Waals surface area contributed by atoms with Gasteiger partial charge in [-0.1, -0.05) is 6.92 Å². The Morgan fingerprint density at radius 1 is 1.50 bits per heavy atom. The first kappa shape index (κ1) is 15.4. The molecule has 2 aromatic rings. The van der Waals surface area contributed by atoms with E-state index in [0.717, 1.165) is 13.6 Å². The van der Waals surface area contributed by atoms with Crippen LogP contribution in [0.3, 0.4) is 0 Å². The van der Waals surface area contributed by atoms with Crippen LogP contribution in [0.1, 0.15) is 19.2 Å². The highest BCUT2D eigenvalue weighted by Crippen LogP contribution is 2.29. The van der Waals surface area contributed by atoms with Gasteiger partial charge in [0.2, 0.25) is 11.8 Å². The molecule has 0 bridgehead atoms. The number of hydrogen-bond acceptors (Lipinski definition) is 4. The average molecular weight is 451 g/mol. The van der Waals surface area contributed by atoms with Crippen LogP contribution in [-0.2, 0) is 11.2 Å². The Morgan fingerprint density at radius 3 is 2.95 bits per heavy atom. The average Bonchev–Trinajstić information content (AvgIpc) is 2.79. The summed E-state index contributed by atoms with van der Waals surface area (Å²) in [5, 5.41) is 16.7. The van der Waals surface area contributed by atoms with Crippen LogP contribution in [0.4, 0.5) is 0 Å². The first-order chi connectivity index (χ1) is 9.45. The van der Waals surface area contributed by atoms with Crippen LogP contribution in [-0.4, -0.2) is 21.3 Å². The van der Waals surface area contributed by atoms with E-state index in [1.165, 1.54) is 0 Å². The molecule has 1 unspecified atom stereocenters. The molecule has 0 fully saturated rings. The lowest BCUT2D eigenvalue weighted by atomic mass is 10.0. The van der Waals surface area contributed by atoms with Crippen molar-refractivity contribution in [2.75, 3.05) is 0 Å². The third kappa shape index (κ3) is 4.02. The van der Waals surface area contributed by atoms with Gasteiger partial charge in [-0.25, -0.2) is 0 Å². The molecule has 1 aromatic carbocycles. The fourth-order valence-corrected chi connectivity index (χ4v) is 2.68. The number of benzene rings is 1. The molecule has 1 N–H and O–H groups in total. The van der Waals surface area contributed by atoms with Gasteiger partial charge in [0, 0.05) is 20.9 Å². The molecule has 0 saturated carbocycles. The van der Waals surface area contributed by atoms with E-state index < -0.39 is 5.97 Å². The standard InChI is InChI=1S/C13H12BrIN2O3/c1-7(5-12(18)19)4-11-16-17-13(20-11)9-6-8(15)2-3-10(9)14/h2-3,6-7H,4-5H2,1H3,(H,18,19). The van der Waals surface area contributed by atoms with Crippen LogP contribution in [0.5, 0.6) is 0 Å². The minimum Gasteiger partial charge on any atom is -0.481 e. The number of carboxylic acid groups (broad SMARTS) is 1. The summed E-state index contributed by atoms with van der Waals surface area (Å²) in [5.41, 5.74) is 0.835. The van der Waals surface area contributed by atoms with Crippen molar-refractivity contribution in [2.24, 2.45) is 5.92 Å². The molecule has 0 radical (unpaired) electrons. The summed E-state index contributed by atoms with van der Waals surface area (Å²) in [6.45, 7) is 1.85. The number of aromatic nitrogens is 2. The molecule has 106 valence electrons. The van der Waals surface area contributed by atoms with Gasteiger partial charge in [0.15, 0.2) is 0 Å². The molecule has 0 amide bonds. The summed E-state index contributed by atoms with van der Waals surface area (Å²) in [5.74, 6) is 0.0326. The summed E-state index contributed by atoms with van der Waals surface area (Å²) in [4.78, 5) is 10.6. The summed E-state index contributed by atoms with van der Waals surface area (Å²) in [7, 11) is 0. The third-order valence-electron chi connectivity index (χ3n) is 2.67. The molecule has 1 heterocycles. The van der Waals surface area contributed by atoms with E-state index in [4.69, 9.17) is 9.52 Å². The maximum absolute atomic E-state index is 10.6. The van der Waals surface area contributed by atoms with Crippen molar-refractivity contribution in [1.82, 2.24) is 10.2 Å². The zero-order chi connectivity index (χ0) is 14.7. The van der Waals surface area contributed by atoms with E-state index in [1.807, 2.05) is 25.1 Å². The van der Waals surface area contributed by atoms with Crippen molar-refractivity contribution < 1.29 is 14.3 Å². The van der Waals surface area contributed by atoms with Crippen molar-refractivity contribution in [3.8, 4) is 11.5 Å². The Morgan fingerprint density at radius 2 is 2.25 bits per heavy atom. The molecular formula is C13H12BrIN2O3. The van der Waals surface area contributed by atoms with Gasteiger partial charge in [-0.15, -0.1) is 10.2 Å². The lowest BCUT2D eigenvalue weighted by molar-refractivity contribution is -0.137. The number of rotatable bonds is 5. The number of halogens is 2. The van der Waals surface area contributed by atoms with Crippen molar-refractivity contribution in [3.05, 3.63) is 32.1 Å². The van der Waals surface area contributed by atoms with Crippen LogP contribution in [0.2, 0.25) is 0 Å². The summed E-state index contributed by atoms with van der Waals surface area (Å²) in [6, 6.07) is 5.84. The second kappa shape index (κ2) is 6.66. The Balaban J connectivity index is 2.16. The van der Waals surface area contributed by atoms with Crippen LogP contribution < -0.4 is 0 Å². The zero-order valence-corrected chi connectivity index (χ0v) is 14.4. The molecule has 20 heavy (non-hydrogen) atoms. The van der Waals surface area contributed by atoms with E-state index in [-0.39, 0.29) is 12.3 Å². The molecule has 5 nitrogen and oxygen atoms in total. The monoisotopic (exact) mass is 450 g/mol. The van der Waals surface area contributed by atoms with Gasteiger partial charge in [-0.3, -0.25) is 4.79 Å². The van der Waals surface area contributed by atoms with Gasteiger partial charge in [-0.2, -0.15) is 0 Å². The quantitative estimate of drug-likeness (QED) is 0.702. The normalized spacial score (nSPS) is 12.3. The SMILES string of the molecule is CC(CC(=O)O)Cc1nnc(-c2cc(I)ccc2Br)o1. The van der Waals surface area contributed by atoms with Crippen molar-refractivity contribution in [1.29, 1.82) is 0 Å². The van der Waals surface area contributed by atoms with Crippen LogP contribution >= 0.6 is 38.5 Å². The van der Waals surface area contributed by atoms with Crippen molar-refractivity contribution in [2.45, 2.75) is 19.8 Å². The highest BCUT2D eigenvalue weighted by molar-refractivity contribution is 14.1. The van der Waals surface area contributed by atoms with Gasteiger partial charge in [0.05, 0.1) is 5.56 Å². The molecule has 2 rings (SSSR count). The fraction of sp³-hybridized carbons (Fsp3) is 0.308. The topological polar surface area (TPSA) is 76.2 Å². The minimum absolute atomic E-state index is 0.0415. The molecular weight excluding hydrogens is 439 g/mol. The predicted octanol–water partition coefficient (Wildman–Crippen LogP) is 3.76. The summed E-state index contributed by atoms with van der Waals surface area (Å²) >= 11 is 5.66. The van der Waals surface area contributed by atoms with Gasteiger partial charge in [0.25, 0.3) is 0 Å². The van der Waals surface area contributed by atoms with E-state index >= 15 is 0 Å². The lowest BCUT2D eigenvalue weighted by Crippen LogP contribution is -2.07. The van der Waals surface area contributed by atoms with Gasteiger partial charge in [0.1, 0.15) is 0 Å². The molecule has 1 atom stereocenters. The maximum atomic E-state index is 10.6. The second-order valence-electron chi connectivity index (χ2n) is 4.53. The number of carbonyl (C=O) groups is 1. The number of hydrogen-bond donors (Lipinski definition) is 1. The van der Waals surface area contributed by atoms with Crippen LogP contribution in [0.25, 0.3) is 11.5 Å². The molecule has 0 aliphatic carbocycles. The minimum atomic E-state index is -0.822. The number of nitrogens with zero attached hydrogens (tertiary/aromatic N) is 2. The first-order valence-corrected chi connectivity index (χ1v) is 7.82. The Labute approximate surface area is 138 Å². The molecule has 0 aliphatic heterocycles. The zero-order valence-electron chi connectivity index (χ0n) is 10.6. The van der Waals surface area contributed by atoms with E-state index in [1.54, 1.807) is 0 Å². The van der Waals surface area contributed by atoms with Gasteiger partial charge in [-0.05, 0) is 62.6 Å². The maximum Gasteiger partial charge on any atom is 0.303 e. The highest BCUT2D eigenvalue weighted by Gasteiger charge is 2.15. The van der Waals surface area contributed by atoms with E-state index in [2.05, 4.69) is 48.7 Å². The second-order valence-corrected chi connectivity index (χ2v) is 6.63. The number of carboxylic acids is 1. The van der Waals surface area contributed by atoms with Gasteiger partial charge < -0.3 is 9.52 Å². The summed E-state index contributed by atoms with van der Waals surface area (Å²) < 4.78 is 7.56. The smallest absolute Gasteiger partial charge is 0.303 e. The molecule has 7 heteroatoms. The molecule has 0 saturated heterocycles. The molecule has 0 aliphatic rings. The fourth-order valence-electron chi connectivity index (χ4n) is 1.77. The molecule has 0 spiro atoms. The molecule has 1 aromatic heterocycles. The van der Waals surface area contributed by atoms with Crippen molar-refractivity contribution in [3.63, 3.8) is 0 Å². The van der Waals surface area contributed by atoms with Gasteiger partial charge >= 0.3 is 5.97 Å². The van der Waals surface area contributed by atoms with Crippen LogP contribution in [0, 0.1) is 9.49 Å². The lowest BCUT2D eigenvalue weighted by Gasteiger charge is -2.04. The summed E-state index contributed by atoms with van der Waals surface area (Å²) in [6.07, 6.45) is 0.547.